The lowest BCUT2D eigenvalue weighted by Gasteiger charge is -2.12. The van der Waals surface area contributed by atoms with Crippen molar-refractivity contribution in [1.29, 1.82) is 0 Å². The van der Waals surface area contributed by atoms with Gasteiger partial charge in [-0.1, -0.05) is 19.1 Å². The highest BCUT2D eigenvalue weighted by Gasteiger charge is 2.14. The van der Waals surface area contributed by atoms with Crippen LogP contribution in [0.4, 0.5) is 5.69 Å². The smallest absolute Gasteiger partial charge is 0.339 e. The summed E-state index contributed by atoms with van der Waals surface area (Å²) >= 11 is 0. The van der Waals surface area contributed by atoms with E-state index in [0.717, 1.165) is 0 Å². The van der Waals surface area contributed by atoms with Gasteiger partial charge in [-0.25, -0.2) is 4.79 Å². The minimum absolute atomic E-state index is 0.253. The molecule has 1 rings (SSSR count). The van der Waals surface area contributed by atoms with E-state index in [1.54, 1.807) is 31.2 Å². The minimum Gasteiger partial charge on any atom is -0.481 e. The summed E-state index contributed by atoms with van der Waals surface area (Å²) in [5, 5.41) is 11.7. The second-order valence-electron chi connectivity index (χ2n) is 3.66. The molecule has 1 unspecified atom stereocenters. The number of hydrogen-bond acceptors (Lipinski definition) is 4. The van der Waals surface area contributed by atoms with Crippen molar-refractivity contribution in [2.75, 3.05) is 19.0 Å². The van der Waals surface area contributed by atoms with E-state index >= 15 is 0 Å². The van der Waals surface area contributed by atoms with Gasteiger partial charge in [0.1, 0.15) is 0 Å². The normalized spacial score (nSPS) is 11.6. The van der Waals surface area contributed by atoms with Crippen molar-refractivity contribution in [3.8, 4) is 0 Å². The number of nitrogens with one attached hydrogen (secondary N) is 1. The number of carboxylic acids is 1. The first kappa shape index (κ1) is 13.0. The number of benzene rings is 1. The number of rotatable bonds is 5. The predicted octanol–water partition coefficient (Wildman–Crippen LogP) is 1.61. The van der Waals surface area contributed by atoms with Gasteiger partial charge >= 0.3 is 11.9 Å². The second kappa shape index (κ2) is 5.89. The standard InChI is InChI=1S/C12H15NO4/c1-8(11(14)15)7-13-10-6-4-3-5-9(10)12(16)17-2/h3-6,8,13H,7H2,1-2H3,(H,14,15). The number of methoxy groups -OCH3 is 1. The Morgan fingerprint density at radius 2 is 2.06 bits per heavy atom. The van der Waals surface area contributed by atoms with Gasteiger partial charge in [0, 0.05) is 12.2 Å². The van der Waals surface area contributed by atoms with Crippen LogP contribution in [0.15, 0.2) is 24.3 Å². The summed E-state index contributed by atoms with van der Waals surface area (Å²) in [6.45, 7) is 1.85. The molecule has 0 radical (unpaired) electrons. The molecular formula is C12H15NO4. The van der Waals surface area contributed by atoms with Crippen LogP contribution in [0.25, 0.3) is 0 Å². The molecule has 5 nitrogen and oxygen atoms in total. The molecule has 0 saturated heterocycles. The molecule has 2 N–H and O–H groups in total. The highest BCUT2D eigenvalue weighted by molar-refractivity contribution is 5.95. The summed E-state index contributed by atoms with van der Waals surface area (Å²) in [6, 6.07) is 6.82. The zero-order valence-corrected chi connectivity index (χ0v) is 9.77. The van der Waals surface area contributed by atoms with Crippen LogP contribution in [0.1, 0.15) is 17.3 Å². The van der Waals surface area contributed by atoms with E-state index in [2.05, 4.69) is 10.1 Å². The van der Waals surface area contributed by atoms with Crippen molar-refractivity contribution in [2.45, 2.75) is 6.92 Å². The monoisotopic (exact) mass is 237 g/mol. The Kier molecular flexibility index (Phi) is 4.51. The zero-order chi connectivity index (χ0) is 12.8. The highest BCUT2D eigenvalue weighted by atomic mass is 16.5. The van der Waals surface area contributed by atoms with E-state index in [4.69, 9.17) is 5.11 Å². The lowest BCUT2D eigenvalue weighted by atomic mass is 10.1. The van der Waals surface area contributed by atoms with Crippen LogP contribution in [0.5, 0.6) is 0 Å². The van der Waals surface area contributed by atoms with E-state index < -0.39 is 17.9 Å². The average Bonchev–Trinajstić information content (AvgIpc) is 2.35. The quantitative estimate of drug-likeness (QED) is 0.761. The maximum absolute atomic E-state index is 11.4. The molecule has 5 heteroatoms. The third kappa shape index (κ3) is 3.48. The number of carbonyl (C=O) groups is 2. The molecule has 1 aromatic rings. The van der Waals surface area contributed by atoms with Crippen molar-refractivity contribution in [1.82, 2.24) is 0 Å². The molecular weight excluding hydrogens is 222 g/mol. The number of anilines is 1. The van der Waals surface area contributed by atoms with Gasteiger partial charge in [0.2, 0.25) is 0 Å². The molecule has 1 atom stereocenters. The van der Waals surface area contributed by atoms with Gasteiger partial charge in [0.25, 0.3) is 0 Å². The maximum Gasteiger partial charge on any atom is 0.339 e. The van der Waals surface area contributed by atoms with Crippen molar-refractivity contribution in [2.24, 2.45) is 5.92 Å². The number of aliphatic carboxylic acids is 1. The molecule has 0 aromatic heterocycles. The maximum atomic E-state index is 11.4. The fraction of sp³-hybridized carbons (Fsp3) is 0.333. The van der Waals surface area contributed by atoms with E-state index in [-0.39, 0.29) is 6.54 Å². The summed E-state index contributed by atoms with van der Waals surface area (Å²) in [4.78, 5) is 22.1. The van der Waals surface area contributed by atoms with E-state index in [1.807, 2.05) is 0 Å². The number of carbonyl (C=O) groups excluding carboxylic acids is 1. The number of carboxylic acid groups (broad SMARTS) is 1. The number of para-hydroxylation sites is 1. The van der Waals surface area contributed by atoms with Gasteiger partial charge in [0.15, 0.2) is 0 Å². The number of ether oxygens (including phenoxy) is 1. The zero-order valence-electron chi connectivity index (χ0n) is 9.77. The van der Waals surface area contributed by atoms with Crippen LogP contribution in [0, 0.1) is 5.92 Å². The molecule has 0 heterocycles. The summed E-state index contributed by atoms with van der Waals surface area (Å²) in [5.41, 5.74) is 0.972. The lowest BCUT2D eigenvalue weighted by Crippen LogP contribution is -2.20. The Bertz CT molecular complexity index is 417. The first-order valence-corrected chi connectivity index (χ1v) is 5.20. The van der Waals surface area contributed by atoms with Crippen molar-refractivity contribution < 1.29 is 19.4 Å². The second-order valence-corrected chi connectivity index (χ2v) is 3.66. The Hall–Kier alpha value is -2.04. The predicted molar refractivity (Wildman–Crippen MR) is 63.1 cm³/mol. The van der Waals surface area contributed by atoms with Crippen LogP contribution < -0.4 is 5.32 Å². The molecule has 0 saturated carbocycles. The fourth-order valence-corrected chi connectivity index (χ4v) is 1.28. The molecule has 0 aliphatic heterocycles. The van der Waals surface area contributed by atoms with Gasteiger partial charge in [-0.15, -0.1) is 0 Å². The Labute approximate surface area is 99.4 Å². The molecule has 0 fully saturated rings. The number of esters is 1. The molecule has 17 heavy (non-hydrogen) atoms. The van der Waals surface area contributed by atoms with Crippen LogP contribution in [-0.4, -0.2) is 30.7 Å². The Morgan fingerprint density at radius 1 is 1.41 bits per heavy atom. The third-order valence-corrected chi connectivity index (χ3v) is 2.35. The summed E-state index contributed by atoms with van der Waals surface area (Å²) < 4.78 is 4.64. The third-order valence-electron chi connectivity index (χ3n) is 2.35. The van der Waals surface area contributed by atoms with Crippen molar-refractivity contribution in [3.05, 3.63) is 29.8 Å². The first-order chi connectivity index (χ1) is 8.06. The Balaban J connectivity index is 2.77. The summed E-state index contributed by atoms with van der Waals surface area (Å²) in [6.07, 6.45) is 0. The first-order valence-electron chi connectivity index (χ1n) is 5.20. The van der Waals surface area contributed by atoms with Crippen LogP contribution >= 0.6 is 0 Å². The number of hydrogen-bond donors (Lipinski definition) is 2. The molecule has 0 amide bonds. The van der Waals surface area contributed by atoms with E-state index in [0.29, 0.717) is 11.3 Å². The van der Waals surface area contributed by atoms with Gasteiger partial charge in [-0.05, 0) is 12.1 Å². The molecule has 0 bridgehead atoms. The van der Waals surface area contributed by atoms with Gasteiger partial charge in [-0.3, -0.25) is 4.79 Å². The Morgan fingerprint density at radius 3 is 2.65 bits per heavy atom. The molecule has 0 aliphatic carbocycles. The summed E-state index contributed by atoms with van der Waals surface area (Å²) in [5.74, 6) is -1.86. The van der Waals surface area contributed by atoms with E-state index in [1.165, 1.54) is 7.11 Å². The van der Waals surface area contributed by atoms with Gasteiger partial charge in [-0.2, -0.15) is 0 Å². The van der Waals surface area contributed by atoms with E-state index in [9.17, 15) is 9.59 Å². The molecule has 0 aliphatic rings. The van der Waals surface area contributed by atoms with Crippen molar-refractivity contribution in [3.63, 3.8) is 0 Å². The largest absolute Gasteiger partial charge is 0.481 e. The molecule has 1 aromatic carbocycles. The fourth-order valence-electron chi connectivity index (χ4n) is 1.28. The summed E-state index contributed by atoms with van der Waals surface area (Å²) in [7, 11) is 1.30. The topological polar surface area (TPSA) is 75.6 Å². The lowest BCUT2D eigenvalue weighted by molar-refractivity contribution is -0.140. The van der Waals surface area contributed by atoms with Crippen LogP contribution in [0.2, 0.25) is 0 Å². The van der Waals surface area contributed by atoms with Crippen LogP contribution in [0.3, 0.4) is 0 Å². The average molecular weight is 237 g/mol. The SMILES string of the molecule is COC(=O)c1ccccc1NCC(C)C(=O)O. The van der Waals surface area contributed by atoms with Crippen molar-refractivity contribution >= 4 is 17.6 Å². The highest BCUT2D eigenvalue weighted by Crippen LogP contribution is 2.16. The van der Waals surface area contributed by atoms with Gasteiger partial charge in [0.05, 0.1) is 18.6 Å². The molecule has 0 spiro atoms. The molecule has 92 valence electrons. The minimum atomic E-state index is -0.881. The van der Waals surface area contributed by atoms with Crippen LogP contribution in [-0.2, 0) is 9.53 Å². The van der Waals surface area contributed by atoms with Gasteiger partial charge < -0.3 is 15.2 Å².